The molecule has 0 aliphatic carbocycles. The molecule has 0 radical (unpaired) electrons. The molecule has 22 heavy (non-hydrogen) atoms. The van der Waals surface area contributed by atoms with E-state index in [0.717, 1.165) is 10.4 Å². The molecular weight excluding hydrogens is 318 g/mol. The quantitative estimate of drug-likeness (QED) is 0.809. The first-order valence-corrected chi connectivity index (χ1v) is 9.63. The molecule has 7 heteroatoms. The minimum atomic E-state index is -3.60. The summed E-state index contributed by atoms with van der Waals surface area (Å²) in [6.45, 7) is 10.2. The van der Waals surface area contributed by atoms with Crippen molar-refractivity contribution in [3.63, 3.8) is 0 Å². The fourth-order valence-corrected chi connectivity index (χ4v) is 4.62. The summed E-state index contributed by atoms with van der Waals surface area (Å²) < 4.78 is 29.1. The minimum absolute atomic E-state index is 0.115. The maximum absolute atomic E-state index is 12.9. The molecule has 0 unspecified atom stereocenters. The second kappa shape index (κ2) is 6.52. The molecule has 2 heterocycles. The Morgan fingerprint density at radius 1 is 1.32 bits per heavy atom. The Morgan fingerprint density at radius 3 is 2.45 bits per heavy atom. The van der Waals surface area contributed by atoms with Crippen LogP contribution in [-0.4, -0.2) is 28.3 Å². The van der Waals surface area contributed by atoms with E-state index in [9.17, 15) is 8.42 Å². The zero-order chi connectivity index (χ0) is 16.5. The van der Waals surface area contributed by atoms with Crippen molar-refractivity contribution >= 4 is 21.4 Å². The lowest BCUT2D eigenvalue weighted by molar-refractivity contribution is 0.349. The van der Waals surface area contributed by atoms with Gasteiger partial charge in [0.1, 0.15) is 0 Å². The predicted molar refractivity (Wildman–Crippen MR) is 89.5 cm³/mol. The number of sulfonamides is 1. The molecule has 0 saturated carbocycles. The molecule has 0 spiro atoms. The Balaban J connectivity index is 2.35. The lowest BCUT2D eigenvalue weighted by Gasteiger charge is -2.24. The fraction of sp³-hybridized carbons (Fsp3) is 0.533. The van der Waals surface area contributed by atoms with Crippen LogP contribution in [0.15, 0.2) is 29.0 Å². The normalized spacial score (nSPS) is 12.7. The van der Waals surface area contributed by atoms with Gasteiger partial charge in [-0.2, -0.15) is 4.31 Å². The molecule has 0 fully saturated rings. The van der Waals surface area contributed by atoms with Crippen molar-refractivity contribution in [2.24, 2.45) is 0 Å². The van der Waals surface area contributed by atoms with Gasteiger partial charge >= 0.3 is 0 Å². The Kier molecular flexibility index (Phi) is 5.09. The number of aryl methyl sites for hydroxylation is 1. The lowest BCUT2D eigenvalue weighted by atomic mass is 10.3. The van der Waals surface area contributed by atoms with Gasteiger partial charge in [-0.25, -0.2) is 13.4 Å². The second-order valence-electron chi connectivity index (χ2n) is 5.92. The van der Waals surface area contributed by atoms with Gasteiger partial charge in [0.05, 0.1) is 6.33 Å². The van der Waals surface area contributed by atoms with Gasteiger partial charge in [0.2, 0.25) is 0 Å². The summed E-state index contributed by atoms with van der Waals surface area (Å²) >= 11 is 1.58. The summed E-state index contributed by atoms with van der Waals surface area (Å²) in [5.41, 5.74) is 1.12. The van der Waals surface area contributed by atoms with Crippen LogP contribution in [0.2, 0.25) is 0 Å². The number of hydrogen-bond donors (Lipinski definition) is 0. The van der Waals surface area contributed by atoms with E-state index in [-0.39, 0.29) is 17.1 Å². The van der Waals surface area contributed by atoms with Gasteiger partial charge in [0, 0.05) is 29.7 Å². The van der Waals surface area contributed by atoms with Crippen LogP contribution >= 0.6 is 11.3 Å². The molecule has 0 aliphatic rings. The summed E-state index contributed by atoms with van der Waals surface area (Å²) in [6, 6.07) is 2.07. The molecule has 2 rings (SSSR count). The fourth-order valence-electron chi connectivity index (χ4n) is 2.11. The van der Waals surface area contributed by atoms with Crippen molar-refractivity contribution in [2.45, 2.75) is 58.3 Å². The highest BCUT2D eigenvalue weighted by Gasteiger charge is 2.30. The zero-order valence-electron chi connectivity index (χ0n) is 13.6. The molecule has 0 aromatic carbocycles. The van der Waals surface area contributed by atoms with Crippen LogP contribution in [0.25, 0.3) is 0 Å². The molecule has 122 valence electrons. The van der Waals surface area contributed by atoms with Crippen LogP contribution in [0.3, 0.4) is 0 Å². The van der Waals surface area contributed by atoms with Crippen molar-refractivity contribution in [3.05, 3.63) is 34.4 Å². The third kappa shape index (κ3) is 3.42. The van der Waals surface area contributed by atoms with Crippen LogP contribution in [0.1, 0.15) is 44.2 Å². The summed E-state index contributed by atoms with van der Waals surface area (Å²) in [5.74, 6) is 0. The van der Waals surface area contributed by atoms with E-state index in [4.69, 9.17) is 0 Å². The summed E-state index contributed by atoms with van der Waals surface area (Å²) in [4.78, 5) is 5.17. The molecule has 5 nitrogen and oxygen atoms in total. The molecule has 0 amide bonds. The van der Waals surface area contributed by atoms with Crippen LogP contribution in [0.5, 0.6) is 0 Å². The molecule has 2 aromatic heterocycles. The average Bonchev–Trinajstić information content (AvgIpc) is 3.04. The van der Waals surface area contributed by atoms with Gasteiger partial charge in [-0.1, -0.05) is 0 Å². The van der Waals surface area contributed by atoms with E-state index < -0.39 is 10.0 Å². The topological polar surface area (TPSA) is 55.2 Å². The molecule has 0 aliphatic heterocycles. The highest BCUT2D eigenvalue weighted by molar-refractivity contribution is 7.89. The molecule has 0 saturated heterocycles. The summed E-state index contributed by atoms with van der Waals surface area (Å²) in [7, 11) is -3.60. The lowest BCUT2D eigenvalue weighted by Crippen LogP contribution is -2.36. The Morgan fingerprint density at radius 2 is 2.00 bits per heavy atom. The summed E-state index contributed by atoms with van der Waals surface area (Å²) in [5, 5.41) is 2.10. The summed E-state index contributed by atoms with van der Waals surface area (Å²) in [6.07, 6.45) is 3.18. The van der Waals surface area contributed by atoms with Crippen LogP contribution in [0, 0.1) is 6.92 Å². The van der Waals surface area contributed by atoms with Crippen LogP contribution < -0.4 is 0 Å². The first-order chi connectivity index (χ1) is 10.2. The predicted octanol–water partition coefficient (Wildman–Crippen LogP) is 3.43. The number of nitrogens with zero attached hydrogens (tertiary/aromatic N) is 3. The van der Waals surface area contributed by atoms with Gasteiger partial charge in [0.25, 0.3) is 10.0 Å². The molecule has 0 bridgehead atoms. The maximum Gasteiger partial charge on any atom is 0.262 e. The SMILES string of the molecule is Cc1ccsc1CN(C(C)C)S(=O)(=O)c1cn(C(C)C)cn1. The number of imidazole rings is 1. The third-order valence-corrected chi connectivity index (χ3v) is 6.51. The van der Waals surface area contributed by atoms with Gasteiger partial charge in [-0.3, -0.25) is 0 Å². The first kappa shape index (κ1) is 17.2. The van der Waals surface area contributed by atoms with Crippen molar-refractivity contribution in [3.8, 4) is 0 Å². The van der Waals surface area contributed by atoms with Crippen molar-refractivity contribution in [1.82, 2.24) is 13.9 Å². The molecular formula is C15H23N3O2S2. The van der Waals surface area contributed by atoms with E-state index in [1.807, 2.05) is 50.6 Å². The average molecular weight is 342 g/mol. The zero-order valence-corrected chi connectivity index (χ0v) is 15.3. The van der Waals surface area contributed by atoms with Gasteiger partial charge in [0.15, 0.2) is 5.03 Å². The highest BCUT2D eigenvalue weighted by Crippen LogP contribution is 2.24. The van der Waals surface area contributed by atoms with Gasteiger partial charge in [-0.05, 0) is 51.6 Å². The standard InChI is InChI=1S/C15H23N3O2S2/c1-11(2)17-9-15(16-10-17)22(19,20)18(12(3)4)8-14-13(5)6-7-21-14/h6-7,9-12H,8H2,1-5H3. The third-order valence-electron chi connectivity index (χ3n) is 3.59. The van der Waals surface area contributed by atoms with Crippen molar-refractivity contribution in [2.75, 3.05) is 0 Å². The smallest absolute Gasteiger partial charge is 0.262 e. The van der Waals surface area contributed by atoms with Gasteiger partial charge in [-0.15, -0.1) is 11.3 Å². The van der Waals surface area contributed by atoms with Crippen LogP contribution in [-0.2, 0) is 16.6 Å². The van der Waals surface area contributed by atoms with E-state index in [1.165, 1.54) is 4.31 Å². The number of aromatic nitrogens is 2. The Labute approximate surface area is 136 Å². The van der Waals surface area contributed by atoms with Crippen molar-refractivity contribution in [1.29, 1.82) is 0 Å². The van der Waals surface area contributed by atoms with Crippen molar-refractivity contribution < 1.29 is 8.42 Å². The number of rotatable bonds is 6. The molecule has 2 aromatic rings. The molecule has 0 N–H and O–H groups in total. The van der Waals surface area contributed by atoms with Crippen LogP contribution in [0.4, 0.5) is 0 Å². The molecule has 0 atom stereocenters. The highest BCUT2D eigenvalue weighted by atomic mass is 32.2. The largest absolute Gasteiger partial charge is 0.334 e. The van der Waals surface area contributed by atoms with E-state index >= 15 is 0 Å². The van der Waals surface area contributed by atoms with E-state index in [1.54, 1.807) is 23.9 Å². The second-order valence-corrected chi connectivity index (χ2v) is 8.76. The minimum Gasteiger partial charge on any atom is -0.334 e. The number of hydrogen-bond acceptors (Lipinski definition) is 4. The van der Waals surface area contributed by atoms with Gasteiger partial charge < -0.3 is 4.57 Å². The number of thiophene rings is 1. The first-order valence-electron chi connectivity index (χ1n) is 7.31. The monoisotopic (exact) mass is 341 g/mol. The Hall–Kier alpha value is -1.18. The van der Waals surface area contributed by atoms with E-state index in [0.29, 0.717) is 6.54 Å². The van der Waals surface area contributed by atoms with E-state index in [2.05, 4.69) is 4.98 Å². The maximum atomic E-state index is 12.9. The Bertz CT molecular complexity index is 730.